The molecule has 0 radical (unpaired) electrons. The highest BCUT2D eigenvalue weighted by molar-refractivity contribution is 7.18. The van der Waals surface area contributed by atoms with Crippen LogP contribution < -0.4 is 5.32 Å². The number of H-pyrrole nitrogens is 1. The molecule has 4 heterocycles. The average Bonchev–Trinajstić information content (AvgIpc) is 3.54. The third kappa shape index (κ3) is 3.91. The van der Waals surface area contributed by atoms with E-state index in [9.17, 15) is 4.79 Å². The monoisotopic (exact) mass is 443 g/mol. The van der Waals surface area contributed by atoms with Crippen molar-refractivity contribution in [1.82, 2.24) is 30.1 Å². The summed E-state index contributed by atoms with van der Waals surface area (Å²) >= 11 is 1.51. The van der Waals surface area contributed by atoms with Crippen LogP contribution in [-0.2, 0) is 4.79 Å². The molecule has 0 spiro atoms. The summed E-state index contributed by atoms with van der Waals surface area (Å²) in [5.74, 6) is 2.02. The summed E-state index contributed by atoms with van der Waals surface area (Å²) < 4.78 is 5.51. The van der Waals surface area contributed by atoms with E-state index in [1.54, 1.807) is 31.6 Å². The first-order valence-electron chi connectivity index (χ1n) is 9.72. The Hall–Kier alpha value is -4.18. The second-order valence-electron chi connectivity index (χ2n) is 6.95. The second-order valence-corrected chi connectivity index (χ2v) is 7.95. The largest absolute Gasteiger partial charge is 0.421 e. The van der Waals surface area contributed by atoms with Gasteiger partial charge >= 0.3 is 0 Å². The number of hydrogen-bond donors (Lipinski definition) is 2. The average molecular weight is 443 g/mol. The Morgan fingerprint density at radius 1 is 1.03 bits per heavy atom. The number of hydrogen-bond acceptors (Lipinski definition) is 8. The fourth-order valence-electron chi connectivity index (χ4n) is 3.19. The second kappa shape index (κ2) is 8.16. The molecular formula is C22H17N7O2S. The molecule has 158 valence electrons. The van der Waals surface area contributed by atoms with Crippen LogP contribution in [0.3, 0.4) is 0 Å². The molecular weight excluding hydrogens is 426 g/mol. The standard InChI is InChI=1S/C22H17N7O2S/c1-12(30)26-17-11-16(7-8-23-17)22-27-18(19(32-22)20-24-9-10-25-20)14-3-5-15(6-4-14)21-29-28-13(2)31-21/h3-11H,1-2H3,(H,24,25)(H,23,26,30). The molecule has 2 N–H and O–H groups in total. The molecule has 0 unspecified atom stereocenters. The van der Waals surface area contributed by atoms with Gasteiger partial charge < -0.3 is 14.7 Å². The van der Waals surface area contributed by atoms with E-state index in [0.29, 0.717) is 17.6 Å². The molecule has 0 fully saturated rings. The van der Waals surface area contributed by atoms with Crippen LogP contribution in [0.25, 0.3) is 44.0 Å². The van der Waals surface area contributed by atoms with Crippen LogP contribution in [0, 0.1) is 6.92 Å². The fourth-order valence-corrected chi connectivity index (χ4v) is 4.23. The van der Waals surface area contributed by atoms with Gasteiger partial charge in [-0.15, -0.1) is 21.5 Å². The summed E-state index contributed by atoms with van der Waals surface area (Å²) in [5.41, 5.74) is 3.41. The van der Waals surface area contributed by atoms with Gasteiger partial charge in [-0.1, -0.05) is 12.1 Å². The number of aromatic amines is 1. The number of nitrogens with zero attached hydrogens (tertiary/aromatic N) is 5. The fraction of sp³-hybridized carbons (Fsp3) is 0.0909. The first kappa shape index (κ1) is 19.8. The van der Waals surface area contributed by atoms with E-state index in [2.05, 4.69) is 30.5 Å². The van der Waals surface area contributed by atoms with Crippen molar-refractivity contribution < 1.29 is 9.21 Å². The summed E-state index contributed by atoms with van der Waals surface area (Å²) in [6, 6.07) is 11.5. The van der Waals surface area contributed by atoms with Crippen LogP contribution in [0.2, 0.25) is 0 Å². The molecule has 0 bridgehead atoms. The smallest absolute Gasteiger partial charge is 0.247 e. The van der Waals surface area contributed by atoms with Crippen molar-refractivity contribution in [3.8, 4) is 44.0 Å². The van der Waals surface area contributed by atoms with Gasteiger partial charge in [-0.2, -0.15) is 0 Å². The predicted octanol–water partition coefficient (Wildman–Crippen LogP) is 4.58. The molecule has 0 aliphatic carbocycles. The summed E-state index contributed by atoms with van der Waals surface area (Å²) in [4.78, 5) is 29.0. The van der Waals surface area contributed by atoms with Crippen molar-refractivity contribution in [2.24, 2.45) is 0 Å². The molecule has 9 nitrogen and oxygen atoms in total. The van der Waals surface area contributed by atoms with E-state index >= 15 is 0 Å². The molecule has 1 aromatic carbocycles. The Labute approximate surface area is 186 Å². The lowest BCUT2D eigenvalue weighted by molar-refractivity contribution is -0.114. The third-order valence-electron chi connectivity index (χ3n) is 4.58. The molecule has 0 saturated heterocycles. The summed E-state index contributed by atoms with van der Waals surface area (Å²) in [6.07, 6.45) is 5.14. The highest BCUT2D eigenvalue weighted by Gasteiger charge is 2.18. The van der Waals surface area contributed by atoms with Crippen LogP contribution >= 0.6 is 11.3 Å². The zero-order valence-corrected chi connectivity index (χ0v) is 18.0. The molecule has 0 aliphatic heterocycles. The van der Waals surface area contributed by atoms with Crippen LogP contribution in [-0.4, -0.2) is 36.0 Å². The van der Waals surface area contributed by atoms with Gasteiger partial charge in [0, 0.05) is 49.1 Å². The lowest BCUT2D eigenvalue weighted by atomic mass is 10.1. The number of rotatable bonds is 5. The molecule has 10 heteroatoms. The Morgan fingerprint density at radius 2 is 1.84 bits per heavy atom. The van der Waals surface area contributed by atoms with E-state index in [1.807, 2.05) is 30.3 Å². The third-order valence-corrected chi connectivity index (χ3v) is 5.69. The predicted molar refractivity (Wildman–Crippen MR) is 121 cm³/mol. The van der Waals surface area contributed by atoms with Crippen molar-refractivity contribution in [1.29, 1.82) is 0 Å². The summed E-state index contributed by atoms with van der Waals surface area (Å²) in [5, 5.41) is 11.4. The molecule has 5 aromatic rings. The van der Waals surface area contributed by atoms with E-state index in [1.165, 1.54) is 18.3 Å². The molecule has 4 aromatic heterocycles. The van der Waals surface area contributed by atoms with E-state index in [4.69, 9.17) is 9.40 Å². The quantitative estimate of drug-likeness (QED) is 0.408. The van der Waals surface area contributed by atoms with Gasteiger partial charge in [0.15, 0.2) is 0 Å². The first-order valence-corrected chi connectivity index (χ1v) is 10.5. The van der Waals surface area contributed by atoms with Crippen LogP contribution in [0.1, 0.15) is 12.8 Å². The number of aryl methyl sites for hydroxylation is 1. The van der Waals surface area contributed by atoms with Gasteiger partial charge in [-0.05, 0) is 24.3 Å². The Balaban J connectivity index is 1.56. The van der Waals surface area contributed by atoms with Crippen molar-refractivity contribution in [3.63, 3.8) is 0 Å². The molecule has 0 atom stereocenters. The Bertz CT molecular complexity index is 1390. The number of carbonyl (C=O) groups excluding carboxylic acids is 1. The van der Waals surface area contributed by atoms with E-state index in [-0.39, 0.29) is 5.91 Å². The van der Waals surface area contributed by atoms with E-state index < -0.39 is 0 Å². The van der Waals surface area contributed by atoms with Crippen LogP contribution in [0.4, 0.5) is 5.82 Å². The van der Waals surface area contributed by atoms with Crippen molar-refractivity contribution in [2.45, 2.75) is 13.8 Å². The van der Waals surface area contributed by atoms with E-state index in [0.717, 1.165) is 38.1 Å². The minimum atomic E-state index is -0.178. The van der Waals surface area contributed by atoms with Crippen LogP contribution in [0.5, 0.6) is 0 Å². The highest BCUT2D eigenvalue weighted by atomic mass is 32.1. The number of benzene rings is 1. The molecule has 0 aliphatic rings. The summed E-state index contributed by atoms with van der Waals surface area (Å²) in [6.45, 7) is 3.21. The van der Waals surface area contributed by atoms with Gasteiger partial charge in [-0.25, -0.2) is 15.0 Å². The normalized spacial score (nSPS) is 10.9. The Morgan fingerprint density at radius 3 is 2.53 bits per heavy atom. The maximum absolute atomic E-state index is 11.4. The number of imidazole rings is 1. The first-order chi connectivity index (χ1) is 15.6. The number of anilines is 1. The number of amides is 1. The number of thiazole rings is 1. The number of nitrogens with one attached hydrogen (secondary N) is 2. The van der Waals surface area contributed by atoms with Gasteiger partial charge in [0.25, 0.3) is 0 Å². The zero-order valence-electron chi connectivity index (χ0n) is 17.2. The maximum atomic E-state index is 11.4. The number of aromatic nitrogens is 6. The van der Waals surface area contributed by atoms with Crippen molar-refractivity contribution in [2.75, 3.05) is 5.32 Å². The maximum Gasteiger partial charge on any atom is 0.247 e. The number of pyridine rings is 1. The SMILES string of the molecule is CC(=O)Nc1cc(-c2nc(-c3ccc(-c4nnc(C)o4)cc3)c(-c3ncc[nH]3)s2)ccn1. The molecule has 5 rings (SSSR count). The topological polar surface area (TPSA) is 122 Å². The lowest BCUT2D eigenvalue weighted by Gasteiger charge is -2.02. The molecule has 32 heavy (non-hydrogen) atoms. The minimum absolute atomic E-state index is 0.178. The molecule has 1 amide bonds. The van der Waals surface area contributed by atoms with Crippen molar-refractivity contribution >= 4 is 23.1 Å². The Kier molecular flexibility index (Phi) is 5.04. The van der Waals surface area contributed by atoms with Crippen molar-refractivity contribution in [3.05, 3.63) is 60.9 Å². The zero-order chi connectivity index (χ0) is 22.1. The minimum Gasteiger partial charge on any atom is -0.421 e. The van der Waals surface area contributed by atoms with Gasteiger partial charge in [0.2, 0.25) is 17.7 Å². The lowest BCUT2D eigenvalue weighted by Crippen LogP contribution is -2.07. The van der Waals surface area contributed by atoms with Gasteiger partial charge in [0.05, 0.1) is 10.6 Å². The van der Waals surface area contributed by atoms with Crippen LogP contribution in [0.15, 0.2) is 59.4 Å². The van der Waals surface area contributed by atoms with Gasteiger partial charge in [0.1, 0.15) is 16.6 Å². The highest BCUT2D eigenvalue weighted by Crippen LogP contribution is 2.39. The van der Waals surface area contributed by atoms with Gasteiger partial charge in [-0.3, -0.25) is 4.79 Å². The molecule has 0 saturated carbocycles. The number of carbonyl (C=O) groups is 1. The summed E-state index contributed by atoms with van der Waals surface area (Å²) in [7, 11) is 0.